The highest BCUT2D eigenvalue weighted by atomic mass is 16.1. The van der Waals surface area contributed by atoms with Gasteiger partial charge in [0.1, 0.15) is 17.5 Å². The summed E-state index contributed by atoms with van der Waals surface area (Å²) in [6, 6.07) is 14.7. The minimum absolute atomic E-state index is 0.0147. The SMILES string of the molecule is CC(=O)c1cccc(Nc2ncnc(-n3nnc4ccccc43)c2N)c1. The molecule has 0 unspecified atom stereocenters. The highest BCUT2D eigenvalue weighted by Crippen LogP contribution is 2.26. The Kier molecular flexibility index (Phi) is 3.77. The Balaban J connectivity index is 1.75. The number of rotatable bonds is 4. The predicted octanol–water partition coefficient (Wildman–Crippen LogP) is 2.74. The molecule has 3 N–H and O–H groups in total. The van der Waals surface area contributed by atoms with Crippen molar-refractivity contribution in [3.05, 3.63) is 60.4 Å². The van der Waals surface area contributed by atoms with Crippen LogP contribution in [-0.2, 0) is 0 Å². The number of fused-ring (bicyclic) bond motifs is 1. The summed E-state index contributed by atoms with van der Waals surface area (Å²) in [5.41, 5.74) is 9.44. The lowest BCUT2D eigenvalue weighted by Gasteiger charge is -2.11. The lowest BCUT2D eigenvalue weighted by atomic mass is 10.1. The van der Waals surface area contributed by atoms with Gasteiger partial charge in [-0.1, -0.05) is 29.5 Å². The Labute approximate surface area is 148 Å². The molecular formula is C18H15N7O. The Morgan fingerprint density at radius 2 is 1.96 bits per heavy atom. The molecule has 0 amide bonds. The van der Waals surface area contributed by atoms with Crippen molar-refractivity contribution in [1.82, 2.24) is 25.0 Å². The number of nitrogens with one attached hydrogen (secondary N) is 1. The number of nitrogens with two attached hydrogens (primary N) is 1. The maximum absolute atomic E-state index is 11.6. The van der Waals surface area contributed by atoms with E-state index in [9.17, 15) is 4.79 Å². The number of Topliss-reactive ketones (excluding diaryl/α,β-unsaturated/α-hetero) is 1. The van der Waals surface area contributed by atoms with Crippen LogP contribution < -0.4 is 11.1 Å². The number of anilines is 3. The maximum atomic E-state index is 11.6. The molecule has 4 rings (SSSR count). The molecule has 8 heteroatoms. The third kappa shape index (κ3) is 2.73. The molecule has 0 fully saturated rings. The van der Waals surface area contributed by atoms with Crippen molar-refractivity contribution in [3.8, 4) is 5.82 Å². The van der Waals surface area contributed by atoms with Crippen molar-refractivity contribution in [2.24, 2.45) is 0 Å². The lowest BCUT2D eigenvalue weighted by molar-refractivity contribution is 0.101. The quantitative estimate of drug-likeness (QED) is 0.547. The maximum Gasteiger partial charge on any atom is 0.184 e. The molecule has 0 atom stereocenters. The fourth-order valence-corrected chi connectivity index (χ4v) is 2.63. The minimum Gasteiger partial charge on any atom is -0.393 e. The molecule has 0 aliphatic carbocycles. The van der Waals surface area contributed by atoms with Crippen LogP contribution in [0.25, 0.3) is 16.9 Å². The fourth-order valence-electron chi connectivity index (χ4n) is 2.63. The van der Waals surface area contributed by atoms with Crippen LogP contribution in [0, 0.1) is 0 Å². The van der Waals surface area contributed by atoms with Gasteiger partial charge in [-0.05, 0) is 31.2 Å². The molecule has 8 nitrogen and oxygen atoms in total. The van der Waals surface area contributed by atoms with Crippen LogP contribution in [0.5, 0.6) is 0 Å². The van der Waals surface area contributed by atoms with Gasteiger partial charge in [-0.2, -0.15) is 4.68 Å². The molecule has 128 valence electrons. The van der Waals surface area contributed by atoms with Crippen molar-refractivity contribution in [1.29, 1.82) is 0 Å². The van der Waals surface area contributed by atoms with Gasteiger partial charge in [-0.15, -0.1) is 5.10 Å². The molecule has 2 aromatic carbocycles. The summed E-state index contributed by atoms with van der Waals surface area (Å²) in [6.07, 6.45) is 1.40. The lowest BCUT2D eigenvalue weighted by Crippen LogP contribution is -2.09. The zero-order chi connectivity index (χ0) is 18.1. The second-order valence-electron chi connectivity index (χ2n) is 5.71. The van der Waals surface area contributed by atoms with Crippen LogP contribution in [0.3, 0.4) is 0 Å². The second-order valence-corrected chi connectivity index (χ2v) is 5.71. The second kappa shape index (κ2) is 6.25. The van der Waals surface area contributed by atoms with Crippen molar-refractivity contribution in [3.63, 3.8) is 0 Å². The first kappa shape index (κ1) is 15.7. The van der Waals surface area contributed by atoms with Gasteiger partial charge >= 0.3 is 0 Å². The van der Waals surface area contributed by atoms with Crippen molar-refractivity contribution in [2.75, 3.05) is 11.1 Å². The molecule has 26 heavy (non-hydrogen) atoms. The van der Waals surface area contributed by atoms with Gasteiger partial charge in [0.25, 0.3) is 0 Å². The van der Waals surface area contributed by atoms with E-state index in [0.717, 1.165) is 11.0 Å². The molecule has 0 saturated heterocycles. The number of nitrogen functional groups attached to an aromatic ring is 1. The highest BCUT2D eigenvalue weighted by Gasteiger charge is 2.14. The number of hydrogen-bond acceptors (Lipinski definition) is 7. The van der Waals surface area contributed by atoms with E-state index in [1.54, 1.807) is 22.9 Å². The molecule has 0 bridgehead atoms. The van der Waals surface area contributed by atoms with Gasteiger partial charge in [0.15, 0.2) is 17.4 Å². The summed E-state index contributed by atoms with van der Waals surface area (Å²) in [5.74, 6) is 0.841. The number of carbonyl (C=O) groups is 1. The van der Waals surface area contributed by atoms with Crippen LogP contribution in [0.15, 0.2) is 54.9 Å². The first-order valence-electron chi connectivity index (χ1n) is 7.93. The van der Waals surface area contributed by atoms with E-state index in [4.69, 9.17) is 5.73 Å². The summed E-state index contributed by atoms with van der Waals surface area (Å²) in [5, 5.41) is 11.4. The number of aromatic nitrogens is 5. The average molecular weight is 345 g/mol. The zero-order valence-electron chi connectivity index (χ0n) is 13.9. The van der Waals surface area contributed by atoms with E-state index in [2.05, 4.69) is 25.6 Å². The number of para-hydroxylation sites is 1. The molecule has 0 spiro atoms. The molecule has 0 saturated carbocycles. The Hall–Kier alpha value is -3.81. The molecule has 2 aromatic heterocycles. The van der Waals surface area contributed by atoms with Crippen LogP contribution in [0.1, 0.15) is 17.3 Å². The van der Waals surface area contributed by atoms with Crippen molar-refractivity contribution < 1.29 is 4.79 Å². The number of nitrogens with zero attached hydrogens (tertiary/aromatic N) is 5. The number of carbonyl (C=O) groups excluding carboxylic acids is 1. The highest BCUT2D eigenvalue weighted by molar-refractivity contribution is 5.95. The van der Waals surface area contributed by atoms with Crippen LogP contribution >= 0.6 is 0 Å². The number of ketones is 1. The first-order chi connectivity index (χ1) is 12.6. The topological polar surface area (TPSA) is 112 Å². The summed E-state index contributed by atoms with van der Waals surface area (Å²) in [7, 11) is 0. The molecular weight excluding hydrogens is 330 g/mol. The third-order valence-corrected chi connectivity index (χ3v) is 3.95. The van der Waals surface area contributed by atoms with Crippen molar-refractivity contribution >= 4 is 34.0 Å². The van der Waals surface area contributed by atoms with Crippen molar-refractivity contribution in [2.45, 2.75) is 6.92 Å². The van der Waals surface area contributed by atoms with E-state index in [1.165, 1.54) is 13.3 Å². The molecule has 2 heterocycles. The Bertz CT molecular complexity index is 1120. The van der Waals surface area contributed by atoms with Gasteiger partial charge in [0.05, 0.1) is 5.52 Å². The average Bonchev–Trinajstić information content (AvgIpc) is 3.08. The van der Waals surface area contributed by atoms with E-state index in [-0.39, 0.29) is 5.78 Å². The zero-order valence-corrected chi connectivity index (χ0v) is 13.9. The monoisotopic (exact) mass is 345 g/mol. The number of hydrogen-bond donors (Lipinski definition) is 2. The molecule has 0 radical (unpaired) electrons. The Morgan fingerprint density at radius 3 is 2.81 bits per heavy atom. The smallest absolute Gasteiger partial charge is 0.184 e. The van der Waals surface area contributed by atoms with Crippen LogP contribution in [-0.4, -0.2) is 30.7 Å². The van der Waals surface area contributed by atoms with E-state index in [1.807, 2.05) is 30.3 Å². The van der Waals surface area contributed by atoms with Crippen LogP contribution in [0.2, 0.25) is 0 Å². The van der Waals surface area contributed by atoms with E-state index in [0.29, 0.717) is 28.6 Å². The first-order valence-corrected chi connectivity index (χ1v) is 7.93. The third-order valence-electron chi connectivity index (χ3n) is 3.95. The number of benzene rings is 2. The van der Waals surface area contributed by atoms with Gasteiger partial charge in [-0.25, -0.2) is 9.97 Å². The van der Waals surface area contributed by atoms with Gasteiger partial charge in [-0.3, -0.25) is 4.79 Å². The Morgan fingerprint density at radius 1 is 1.12 bits per heavy atom. The summed E-state index contributed by atoms with van der Waals surface area (Å²) in [6.45, 7) is 1.52. The largest absolute Gasteiger partial charge is 0.393 e. The van der Waals surface area contributed by atoms with Gasteiger partial charge in [0, 0.05) is 11.3 Å². The van der Waals surface area contributed by atoms with Crippen LogP contribution in [0.4, 0.5) is 17.2 Å². The molecule has 0 aliphatic heterocycles. The standard InChI is InChI=1S/C18H15N7O/c1-11(26)12-5-4-6-13(9-12)22-17-16(19)18(21-10-20-17)25-15-8-3-2-7-14(15)23-24-25/h2-10H,19H2,1H3,(H,20,21,22). The predicted molar refractivity (Wildman–Crippen MR) is 98.6 cm³/mol. The fraction of sp³-hybridized carbons (Fsp3) is 0.0556. The summed E-state index contributed by atoms with van der Waals surface area (Å²) in [4.78, 5) is 20.0. The summed E-state index contributed by atoms with van der Waals surface area (Å²) >= 11 is 0. The van der Waals surface area contributed by atoms with E-state index < -0.39 is 0 Å². The molecule has 0 aliphatic rings. The van der Waals surface area contributed by atoms with Gasteiger partial charge < -0.3 is 11.1 Å². The normalized spacial score (nSPS) is 10.8. The van der Waals surface area contributed by atoms with E-state index >= 15 is 0 Å². The minimum atomic E-state index is -0.0147. The summed E-state index contributed by atoms with van der Waals surface area (Å²) < 4.78 is 1.57. The van der Waals surface area contributed by atoms with Gasteiger partial charge in [0.2, 0.25) is 0 Å². The molecule has 4 aromatic rings.